The Morgan fingerprint density at radius 1 is 1.30 bits per heavy atom. The molecule has 8 heteroatoms. The lowest BCUT2D eigenvalue weighted by Crippen LogP contribution is -2.31. The summed E-state index contributed by atoms with van der Waals surface area (Å²) in [5.41, 5.74) is 5.03. The molecule has 3 aromatic rings. The summed E-state index contributed by atoms with van der Waals surface area (Å²) in [6, 6.07) is 8.52. The van der Waals surface area contributed by atoms with Gasteiger partial charge in [-0.15, -0.1) is 15.0 Å². The lowest BCUT2D eigenvalue weighted by Gasteiger charge is -2.09. The molecule has 1 amide bonds. The normalized spacial score (nSPS) is 10.9. The molecule has 0 spiro atoms. The Labute approximate surface area is 136 Å². The van der Waals surface area contributed by atoms with E-state index in [2.05, 4.69) is 15.6 Å². The molecule has 118 valence electrons. The van der Waals surface area contributed by atoms with Crippen LogP contribution < -0.4 is 11.3 Å². The number of hydrazine groups is 1. The average Bonchev–Trinajstić information content (AvgIpc) is 2.93. The van der Waals surface area contributed by atoms with Crippen molar-refractivity contribution in [1.82, 2.24) is 20.4 Å². The summed E-state index contributed by atoms with van der Waals surface area (Å²) in [6.45, 7) is 1.74. The smallest absolute Gasteiger partial charge is 0.238 e. The molecule has 0 bridgehead atoms. The quantitative estimate of drug-likeness (QED) is 0.384. The number of halogens is 1. The van der Waals surface area contributed by atoms with Crippen molar-refractivity contribution in [3.8, 4) is 11.4 Å². The number of benzene rings is 2. The van der Waals surface area contributed by atoms with Crippen LogP contribution in [0, 0.1) is 6.92 Å². The second-order valence-electron chi connectivity index (χ2n) is 5.15. The highest BCUT2D eigenvalue weighted by atomic mass is 35.5. The molecule has 4 N–H and O–H groups in total. The van der Waals surface area contributed by atoms with Crippen LogP contribution in [-0.4, -0.2) is 26.0 Å². The van der Waals surface area contributed by atoms with E-state index in [-0.39, 0.29) is 18.1 Å². The molecule has 0 radical (unpaired) electrons. The Morgan fingerprint density at radius 3 is 2.78 bits per heavy atom. The second-order valence-corrected chi connectivity index (χ2v) is 5.58. The third-order valence-corrected chi connectivity index (χ3v) is 3.66. The Balaban J connectivity index is 2.11. The molecule has 0 fully saturated rings. The third-order valence-electron chi connectivity index (χ3n) is 3.42. The van der Waals surface area contributed by atoms with Crippen molar-refractivity contribution in [2.45, 2.75) is 13.3 Å². The van der Waals surface area contributed by atoms with Crippen molar-refractivity contribution in [1.29, 1.82) is 0 Å². The minimum Gasteiger partial charge on any atom is -0.505 e. The van der Waals surface area contributed by atoms with Crippen LogP contribution in [0.2, 0.25) is 5.02 Å². The van der Waals surface area contributed by atoms with Gasteiger partial charge < -0.3 is 5.11 Å². The minimum atomic E-state index is -0.327. The summed E-state index contributed by atoms with van der Waals surface area (Å²) in [4.78, 5) is 12.8. The van der Waals surface area contributed by atoms with Crippen LogP contribution in [0.25, 0.3) is 16.7 Å². The first-order chi connectivity index (χ1) is 11.0. The summed E-state index contributed by atoms with van der Waals surface area (Å²) in [5.74, 6) is 4.83. The van der Waals surface area contributed by atoms with E-state index in [9.17, 15) is 9.90 Å². The highest BCUT2D eigenvalue weighted by Gasteiger charge is 2.14. The summed E-state index contributed by atoms with van der Waals surface area (Å²) in [7, 11) is 0. The molecule has 0 unspecified atom stereocenters. The number of nitrogens with zero attached hydrogens (tertiary/aromatic N) is 3. The number of fused-ring (bicyclic) bond motifs is 1. The van der Waals surface area contributed by atoms with Crippen LogP contribution in [0.1, 0.15) is 11.1 Å². The number of aromatic hydroxyl groups is 1. The van der Waals surface area contributed by atoms with Crippen molar-refractivity contribution in [3.63, 3.8) is 0 Å². The standard InChI is InChI=1S/C15H14ClN5O2/c1-8-4-9(6-14(22)18-17)5-13(15(8)23)21-19-11-3-2-10(16)7-12(11)20-21/h2-5,7,23H,6,17H2,1H3,(H,18,22). The second kappa shape index (κ2) is 5.86. The maximum Gasteiger partial charge on any atom is 0.238 e. The van der Waals surface area contributed by atoms with Crippen molar-refractivity contribution >= 4 is 28.5 Å². The van der Waals surface area contributed by atoms with Gasteiger partial charge in [0.05, 0.1) is 6.42 Å². The number of rotatable bonds is 3. The van der Waals surface area contributed by atoms with Crippen molar-refractivity contribution < 1.29 is 9.90 Å². The monoisotopic (exact) mass is 331 g/mol. The van der Waals surface area contributed by atoms with Gasteiger partial charge in [-0.2, -0.15) is 0 Å². The van der Waals surface area contributed by atoms with E-state index >= 15 is 0 Å². The Morgan fingerprint density at radius 2 is 2.04 bits per heavy atom. The summed E-state index contributed by atoms with van der Waals surface area (Å²) < 4.78 is 0. The van der Waals surface area contributed by atoms with Gasteiger partial charge in [-0.05, 0) is 42.3 Å². The molecule has 0 aliphatic rings. The maximum absolute atomic E-state index is 11.5. The van der Waals surface area contributed by atoms with Crippen molar-refractivity contribution in [2.24, 2.45) is 5.84 Å². The zero-order chi connectivity index (χ0) is 16.6. The molecule has 1 aromatic heterocycles. The fourth-order valence-electron chi connectivity index (χ4n) is 2.32. The fraction of sp³-hybridized carbons (Fsp3) is 0.133. The molecule has 2 aromatic carbocycles. The van der Waals surface area contributed by atoms with Crippen LogP contribution in [-0.2, 0) is 11.2 Å². The molecule has 23 heavy (non-hydrogen) atoms. The molecule has 3 rings (SSSR count). The van der Waals surface area contributed by atoms with Crippen LogP contribution in [0.3, 0.4) is 0 Å². The number of carbonyl (C=O) groups is 1. The molecule has 0 atom stereocenters. The maximum atomic E-state index is 11.5. The predicted octanol–water partition coefficient (Wildman–Crippen LogP) is 1.62. The zero-order valence-electron chi connectivity index (χ0n) is 12.2. The van der Waals surface area contributed by atoms with Gasteiger partial charge in [0.25, 0.3) is 0 Å². The number of hydrogen-bond acceptors (Lipinski definition) is 5. The highest BCUT2D eigenvalue weighted by molar-refractivity contribution is 6.31. The van der Waals surface area contributed by atoms with Gasteiger partial charge in [0.15, 0.2) is 0 Å². The van der Waals surface area contributed by atoms with E-state index in [4.69, 9.17) is 17.4 Å². The Bertz CT molecular complexity index is 906. The van der Waals surface area contributed by atoms with Crippen molar-refractivity contribution in [3.05, 3.63) is 46.5 Å². The first-order valence-corrected chi connectivity index (χ1v) is 7.20. The number of amides is 1. The first kappa shape index (κ1) is 15.3. The van der Waals surface area contributed by atoms with Gasteiger partial charge in [0, 0.05) is 5.02 Å². The molecule has 7 nitrogen and oxygen atoms in total. The molecule has 0 saturated heterocycles. The van der Waals surface area contributed by atoms with E-state index < -0.39 is 0 Å². The lowest BCUT2D eigenvalue weighted by atomic mass is 10.1. The molecular weight excluding hydrogens is 318 g/mol. The molecular formula is C15H14ClN5O2. The van der Waals surface area contributed by atoms with Gasteiger partial charge >= 0.3 is 0 Å². The predicted molar refractivity (Wildman–Crippen MR) is 86.3 cm³/mol. The molecule has 0 aliphatic carbocycles. The van der Waals surface area contributed by atoms with Crippen LogP contribution in [0.15, 0.2) is 30.3 Å². The third kappa shape index (κ3) is 2.96. The molecule has 0 aliphatic heterocycles. The largest absolute Gasteiger partial charge is 0.505 e. The van der Waals surface area contributed by atoms with Crippen LogP contribution in [0.4, 0.5) is 0 Å². The van der Waals surface area contributed by atoms with Crippen LogP contribution >= 0.6 is 11.6 Å². The Hall–Kier alpha value is -2.64. The van der Waals surface area contributed by atoms with Gasteiger partial charge in [-0.3, -0.25) is 10.2 Å². The van der Waals surface area contributed by atoms with E-state index in [0.717, 1.165) is 0 Å². The number of phenols is 1. The van der Waals surface area contributed by atoms with E-state index in [1.54, 1.807) is 37.3 Å². The number of carbonyl (C=O) groups excluding carboxylic acids is 1. The SMILES string of the molecule is Cc1cc(CC(=O)NN)cc(-n2nc3ccc(Cl)cc3n2)c1O. The van der Waals surface area contributed by atoms with E-state index in [1.165, 1.54) is 4.80 Å². The molecule has 1 heterocycles. The first-order valence-electron chi connectivity index (χ1n) is 6.83. The summed E-state index contributed by atoms with van der Waals surface area (Å²) in [5, 5.41) is 19.5. The van der Waals surface area contributed by atoms with Crippen LogP contribution in [0.5, 0.6) is 5.75 Å². The molecule has 0 saturated carbocycles. The number of hydrogen-bond donors (Lipinski definition) is 3. The number of nitrogens with two attached hydrogens (primary N) is 1. The van der Waals surface area contributed by atoms with Crippen molar-refractivity contribution in [2.75, 3.05) is 0 Å². The number of phenolic OH excluding ortho intramolecular Hbond substituents is 1. The highest BCUT2D eigenvalue weighted by Crippen LogP contribution is 2.28. The Kier molecular flexibility index (Phi) is 3.89. The van der Waals surface area contributed by atoms with Gasteiger partial charge in [0.1, 0.15) is 22.5 Å². The summed E-state index contributed by atoms with van der Waals surface area (Å²) in [6.07, 6.45) is 0.0945. The fourth-order valence-corrected chi connectivity index (χ4v) is 2.49. The number of aromatic nitrogens is 3. The van der Waals surface area contributed by atoms with E-state index in [0.29, 0.717) is 32.9 Å². The van der Waals surface area contributed by atoms with Gasteiger partial charge in [-0.25, -0.2) is 5.84 Å². The topological polar surface area (TPSA) is 106 Å². The van der Waals surface area contributed by atoms with Gasteiger partial charge in [-0.1, -0.05) is 17.7 Å². The van der Waals surface area contributed by atoms with Gasteiger partial charge in [0.2, 0.25) is 5.91 Å². The van der Waals surface area contributed by atoms with E-state index in [1.807, 2.05) is 0 Å². The summed E-state index contributed by atoms with van der Waals surface area (Å²) >= 11 is 5.95. The number of nitrogens with one attached hydrogen (secondary N) is 1. The zero-order valence-corrected chi connectivity index (χ0v) is 13.0. The average molecular weight is 332 g/mol. The number of aryl methyl sites for hydroxylation is 1. The minimum absolute atomic E-state index is 0.0494. The lowest BCUT2D eigenvalue weighted by molar-refractivity contribution is -0.120.